The molecule has 1 fully saturated rings. The zero-order chi connectivity index (χ0) is 18.6. The molecule has 2 aliphatic rings. The molecule has 6 heteroatoms. The third-order valence-electron chi connectivity index (χ3n) is 5.07. The Balaban J connectivity index is 1.47. The van der Waals surface area contributed by atoms with Gasteiger partial charge in [0.15, 0.2) is 0 Å². The van der Waals surface area contributed by atoms with Crippen LogP contribution in [-0.2, 0) is 22.6 Å². The summed E-state index contributed by atoms with van der Waals surface area (Å²) in [5, 5.41) is 4.43. The third kappa shape index (κ3) is 3.90. The summed E-state index contributed by atoms with van der Waals surface area (Å²) in [5.74, 6) is 0. The van der Waals surface area contributed by atoms with Crippen molar-refractivity contribution >= 4 is 11.7 Å². The summed E-state index contributed by atoms with van der Waals surface area (Å²) in [7, 11) is 0. The van der Waals surface area contributed by atoms with Gasteiger partial charge in [-0.1, -0.05) is 43.3 Å². The van der Waals surface area contributed by atoms with Gasteiger partial charge in [-0.05, 0) is 24.0 Å². The van der Waals surface area contributed by atoms with Crippen LogP contribution in [0.3, 0.4) is 0 Å². The standard InChI is InChI=1S/C21H25N3O3/c1-2-8-23-12-18(11-22-23)17-9-19-14-26-15-20(10-17)24(19)21(25)27-13-16-6-4-3-5-7-16/h3-7,9,11-12,19-20H,2,8,10,13-15H2,1H3. The summed E-state index contributed by atoms with van der Waals surface area (Å²) in [4.78, 5) is 14.6. The number of aryl methyl sites for hydroxylation is 1. The minimum absolute atomic E-state index is 0.00143. The van der Waals surface area contributed by atoms with Gasteiger partial charge in [0.25, 0.3) is 0 Å². The van der Waals surface area contributed by atoms with Crippen LogP contribution in [0.5, 0.6) is 0 Å². The minimum Gasteiger partial charge on any atom is -0.445 e. The first-order valence-electron chi connectivity index (χ1n) is 9.55. The van der Waals surface area contributed by atoms with Crippen LogP contribution < -0.4 is 0 Å². The Morgan fingerprint density at radius 2 is 2.15 bits per heavy atom. The van der Waals surface area contributed by atoms with Crippen molar-refractivity contribution in [1.29, 1.82) is 0 Å². The van der Waals surface area contributed by atoms with E-state index in [2.05, 4.69) is 24.3 Å². The van der Waals surface area contributed by atoms with Crippen molar-refractivity contribution in [2.45, 2.75) is 45.0 Å². The fourth-order valence-electron chi connectivity index (χ4n) is 3.77. The molecule has 2 atom stereocenters. The fraction of sp³-hybridized carbons (Fsp3) is 0.429. The van der Waals surface area contributed by atoms with Crippen molar-refractivity contribution < 1.29 is 14.3 Å². The summed E-state index contributed by atoms with van der Waals surface area (Å²) in [6.45, 7) is 4.39. The largest absolute Gasteiger partial charge is 0.445 e. The van der Waals surface area contributed by atoms with E-state index in [9.17, 15) is 4.79 Å². The molecule has 27 heavy (non-hydrogen) atoms. The number of benzene rings is 1. The molecule has 0 N–H and O–H groups in total. The molecule has 0 spiro atoms. The molecule has 2 unspecified atom stereocenters. The number of ether oxygens (including phenoxy) is 2. The molecule has 6 nitrogen and oxygen atoms in total. The molecule has 1 aromatic carbocycles. The molecule has 4 rings (SSSR count). The van der Waals surface area contributed by atoms with E-state index >= 15 is 0 Å². The van der Waals surface area contributed by atoms with E-state index in [0.717, 1.165) is 30.5 Å². The Morgan fingerprint density at radius 1 is 1.30 bits per heavy atom. The number of aromatic nitrogens is 2. The van der Waals surface area contributed by atoms with E-state index in [1.54, 1.807) is 0 Å². The van der Waals surface area contributed by atoms with Crippen LogP contribution in [-0.4, -0.2) is 46.1 Å². The van der Waals surface area contributed by atoms with E-state index in [4.69, 9.17) is 9.47 Å². The molecular formula is C21H25N3O3. The first-order chi connectivity index (χ1) is 13.2. The van der Waals surface area contributed by atoms with E-state index in [0.29, 0.717) is 13.2 Å². The zero-order valence-electron chi connectivity index (χ0n) is 15.6. The lowest BCUT2D eigenvalue weighted by Gasteiger charge is -2.43. The summed E-state index contributed by atoms with van der Waals surface area (Å²) in [6.07, 6.45) is 7.69. The Hall–Kier alpha value is -2.60. The second-order valence-electron chi connectivity index (χ2n) is 7.09. The Kier molecular flexibility index (Phi) is 5.25. The number of amides is 1. The Labute approximate surface area is 159 Å². The van der Waals surface area contributed by atoms with Crippen LogP contribution in [0.25, 0.3) is 5.57 Å². The van der Waals surface area contributed by atoms with Crippen molar-refractivity contribution in [3.05, 3.63) is 59.9 Å². The topological polar surface area (TPSA) is 56.6 Å². The van der Waals surface area contributed by atoms with Crippen molar-refractivity contribution in [3.63, 3.8) is 0 Å². The van der Waals surface area contributed by atoms with Crippen LogP contribution >= 0.6 is 0 Å². The molecule has 0 aliphatic carbocycles. The van der Waals surface area contributed by atoms with Crippen LogP contribution in [0.15, 0.2) is 48.8 Å². The Bertz CT molecular complexity index is 815. The van der Waals surface area contributed by atoms with Crippen molar-refractivity contribution in [1.82, 2.24) is 14.7 Å². The Morgan fingerprint density at radius 3 is 2.93 bits per heavy atom. The van der Waals surface area contributed by atoms with Gasteiger partial charge in [0, 0.05) is 18.3 Å². The molecular weight excluding hydrogens is 342 g/mol. The van der Waals surface area contributed by atoms with E-state index in [-0.39, 0.29) is 24.8 Å². The van der Waals surface area contributed by atoms with Gasteiger partial charge >= 0.3 is 6.09 Å². The molecule has 1 aromatic heterocycles. The summed E-state index contributed by atoms with van der Waals surface area (Å²) in [6, 6.07) is 9.67. The first-order valence-corrected chi connectivity index (χ1v) is 9.55. The average Bonchev–Trinajstić information content (AvgIpc) is 3.15. The monoisotopic (exact) mass is 367 g/mol. The molecule has 3 heterocycles. The van der Waals surface area contributed by atoms with E-state index in [1.165, 1.54) is 5.57 Å². The lowest BCUT2D eigenvalue weighted by Crippen LogP contribution is -2.56. The van der Waals surface area contributed by atoms with Crippen LogP contribution in [0.1, 0.15) is 30.9 Å². The maximum atomic E-state index is 12.7. The predicted molar refractivity (Wildman–Crippen MR) is 102 cm³/mol. The number of rotatable bonds is 5. The maximum absolute atomic E-state index is 12.7. The second-order valence-corrected chi connectivity index (χ2v) is 7.09. The van der Waals surface area contributed by atoms with Gasteiger partial charge in [0.1, 0.15) is 6.61 Å². The van der Waals surface area contributed by atoms with Gasteiger partial charge in [-0.3, -0.25) is 9.58 Å². The lowest BCUT2D eigenvalue weighted by molar-refractivity contribution is -0.0342. The SMILES string of the molecule is CCCn1cc(C2=CC3COCC(C2)N3C(=O)OCc2ccccc2)cn1. The van der Waals surface area contributed by atoms with Gasteiger partial charge in [0.2, 0.25) is 0 Å². The number of hydrogen-bond acceptors (Lipinski definition) is 4. The molecule has 142 valence electrons. The zero-order valence-corrected chi connectivity index (χ0v) is 15.6. The molecule has 2 aromatic rings. The highest BCUT2D eigenvalue weighted by Crippen LogP contribution is 2.33. The van der Waals surface area contributed by atoms with Crippen molar-refractivity contribution in [2.75, 3.05) is 13.2 Å². The highest BCUT2D eigenvalue weighted by atomic mass is 16.6. The molecule has 2 aliphatic heterocycles. The van der Waals surface area contributed by atoms with Gasteiger partial charge in [-0.15, -0.1) is 0 Å². The van der Waals surface area contributed by atoms with Crippen molar-refractivity contribution in [3.8, 4) is 0 Å². The third-order valence-corrected chi connectivity index (χ3v) is 5.07. The normalized spacial score (nSPS) is 21.7. The number of carbonyl (C=O) groups is 1. The molecule has 0 saturated carbocycles. The number of hydrogen-bond donors (Lipinski definition) is 0. The van der Waals surface area contributed by atoms with Gasteiger partial charge < -0.3 is 9.47 Å². The highest BCUT2D eigenvalue weighted by molar-refractivity contribution is 5.74. The maximum Gasteiger partial charge on any atom is 0.411 e. The predicted octanol–water partition coefficient (Wildman–Crippen LogP) is 3.49. The lowest BCUT2D eigenvalue weighted by atomic mass is 9.91. The summed E-state index contributed by atoms with van der Waals surface area (Å²) in [5.41, 5.74) is 3.37. The molecule has 1 saturated heterocycles. The number of carbonyl (C=O) groups excluding carboxylic acids is 1. The van der Waals surface area contributed by atoms with Gasteiger partial charge in [0.05, 0.1) is 31.5 Å². The van der Waals surface area contributed by atoms with E-state index in [1.807, 2.05) is 46.1 Å². The first kappa shape index (κ1) is 17.8. The number of nitrogens with zero attached hydrogens (tertiary/aromatic N) is 3. The van der Waals surface area contributed by atoms with Gasteiger partial charge in [-0.2, -0.15) is 5.10 Å². The average molecular weight is 367 g/mol. The number of morpholine rings is 1. The molecule has 2 bridgehead atoms. The summed E-state index contributed by atoms with van der Waals surface area (Å²) >= 11 is 0. The quantitative estimate of drug-likeness (QED) is 0.812. The van der Waals surface area contributed by atoms with Gasteiger partial charge in [-0.25, -0.2) is 4.79 Å². The van der Waals surface area contributed by atoms with Crippen LogP contribution in [0.4, 0.5) is 4.79 Å². The number of fused-ring (bicyclic) bond motifs is 2. The van der Waals surface area contributed by atoms with Crippen molar-refractivity contribution in [2.24, 2.45) is 0 Å². The highest BCUT2D eigenvalue weighted by Gasteiger charge is 2.39. The fourth-order valence-corrected chi connectivity index (χ4v) is 3.77. The minimum atomic E-state index is -0.269. The summed E-state index contributed by atoms with van der Waals surface area (Å²) < 4.78 is 13.2. The van der Waals surface area contributed by atoms with Crippen LogP contribution in [0.2, 0.25) is 0 Å². The molecule has 1 amide bonds. The smallest absolute Gasteiger partial charge is 0.411 e. The second kappa shape index (κ2) is 7.96. The van der Waals surface area contributed by atoms with E-state index < -0.39 is 0 Å². The van der Waals surface area contributed by atoms with Crippen LogP contribution in [0, 0.1) is 0 Å². The molecule has 0 radical (unpaired) electrons.